The Kier molecular flexibility index (Phi) is 5.87. The van der Waals surface area contributed by atoms with E-state index < -0.39 is 51.7 Å². The summed E-state index contributed by atoms with van der Waals surface area (Å²) in [6, 6.07) is 6.75. The number of methoxy groups -OCH3 is 1. The summed E-state index contributed by atoms with van der Waals surface area (Å²) in [6.07, 6.45) is -9.85. The van der Waals surface area contributed by atoms with E-state index in [0.717, 1.165) is 0 Å². The van der Waals surface area contributed by atoms with Crippen LogP contribution in [0.15, 0.2) is 30.3 Å². The third-order valence-corrected chi connectivity index (χ3v) is 5.21. The largest absolute Gasteiger partial charge is 0.497 e. The number of hydrogen-bond donors (Lipinski definition) is 2. The third kappa shape index (κ3) is 4.48. The van der Waals surface area contributed by atoms with Crippen molar-refractivity contribution in [1.82, 2.24) is 24.8 Å². The number of rotatable bonds is 4. The number of carbonyl (C=O) groups excluding carboxylic acids is 1. The molecule has 0 unspecified atom stereocenters. The van der Waals surface area contributed by atoms with Crippen LogP contribution in [0.3, 0.4) is 0 Å². The average molecular weight is 519 g/mol. The van der Waals surface area contributed by atoms with Crippen LogP contribution in [0.5, 0.6) is 5.75 Å². The second-order valence-corrected chi connectivity index (χ2v) is 7.56. The molecule has 0 radical (unpaired) electrons. The molecule has 4 rings (SSSR count). The van der Waals surface area contributed by atoms with Gasteiger partial charge in [0.2, 0.25) is 0 Å². The lowest BCUT2D eigenvalue weighted by molar-refractivity contribution is -0.143. The van der Waals surface area contributed by atoms with E-state index in [0.29, 0.717) is 16.3 Å². The van der Waals surface area contributed by atoms with Crippen molar-refractivity contribution in [3.05, 3.63) is 58.1 Å². The van der Waals surface area contributed by atoms with E-state index >= 15 is 0 Å². The molecule has 0 spiro atoms. The SMILES string of the molecule is COc1cccc(-c2cc(C(F)(F)F)n3nc(C(=O)Nc4c(C(F)(F)F)n[nH]c4C)c(Cl)c3n2)c1. The standard InChI is InChI=1S/C20H13ClF6N6O2/c1-8-14(16(31-30-8)20(25,26)27)29-18(34)15-13(21)17-28-11(9-4-3-5-10(6-9)35-2)7-12(19(22,23)24)33(17)32-15/h3-7H,1-2H3,(H,29,34)(H,30,31). The Morgan fingerprint density at radius 2 is 1.86 bits per heavy atom. The van der Waals surface area contributed by atoms with Gasteiger partial charge in [0, 0.05) is 5.56 Å². The van der Waals surface area contributed by atoms with Gasteiger partial charge in [-0.2, -0.15) is 36.5 Å². The van der Waals surface area contributed by atoms with E-state index in [1.54, 1.807) is 6.07 Å². The minimum absolute atomic E-state index is 0.139. The van der Waals surface area contributed by atoms with Gasteiger partial charge in [-0.1, -0.05) is 23.7 Å². The Morgan fingerprint density at radius 3 is 2.49 bits per heavy atom. The van der Waals surface area contributed by atoms with E-state index in [1.807, 2.05) is 5.32 Å². The molecule has 0 aliphatic rings. The number of nitrogens with one attached hydrogen (secondary N) is 2. The van der Waals surface area contributed by atoms with Crippen molar-refractivity contribution in [2.45, 2.75) is 19.3 Å². The molecule has 0 saturated carbocycles. The summed E-state index contributed by atoms with van der Waals surface area (Å²) in [5, 5.41) is 10.2. The zero-order chi connectivity index (χ0) is 25.7. The normalized spacial score (nSPS) is 12.3. The van der Waals surface area contributed by atoms with Crippen LogP contribution in [0, 0.1) is 6.92 Å². The number of nitrogens with zero attached hydrogens (tertiary/aromatic N) is 4. The van der Waals surface area contributed by atoms with Crippen molar-refractivity contribution in [3.63, 3.8) is 0 Å². The summed E-state index contributed by atoms with van der Waals surface area (Å²) in [5.41, 5.74) is -4.76. The highest BCUT2D eigenvalue weighted by atomic mass is 35.5. The van der Waals surface area contributed by atoms with Gasteiger partial charge in [-0.3, -0.25) is 9.89 Å². The van der Waals surface area contributed by atoms with Crippen molar-refractivity contribution in [1.29, 1.82) is 0 Å². The predicted octanol–water partition coefficient (Wildman–Crippen LogP) is 5.38. The van der Waals surface area contributed by atoms with Gasteiger partial charge in [-0.25, -0.2) is 9.50 Å². The number of halogens is 7. The van der Waals surface area contributed by atoms with Crippen molar-refractivity contribution in [2.75, 3.05) is 12.4 Å². The predicted molar refractivity (Wildman–Crippen MR) is 111 cm³/mol. The Bertz CT molecular complexity index is 1440. The summed E-state index contributed by atoms with van der Waals surface area (Å²) >= 11 is 6.16. The summed E-state index contributed by atoms with van der Waals surface area (Å²) in [7, 11) is 1.38. The fraction of sp³-hybridized carbons (Fsp3) is 0.200. The number of amides is 1. The van der Waals surface area contributed by atoms with E-state index in [-0.39, 0.29) is 17.0 Å². The Labute approximate surface area is 196 Å². The molecule has 0 aliphatic carbocycles. The quantitative estimate of drug-likeness (QED) is 0.354. The van der Waals surface area contributed by atoms with Gasteiger partial charge >= 0.3 is 12.4 Å². The van der Waals surface area contributed by atoms with Crippen molar-refractivity contribution < 1.29 is 35.9 Å². The smallest absolute Gasteiger partial charge is 0.437 e. The first-order valence-electron chi connectivity index (χ1n) is 9.55. The molecule has 8 nitrogen and oxygen atoms in total. The zero-order valence-corrected chi connectivity index (χ0v) is 18.4. The lowest BCUT2D eigenvalue weighted by Gasteiger charge is -2.11. The molecule has 3 aromatic heterocycles. The number of aryl methyl sites for hydroxylation is 1. The molecule has 184 valence electrons. The second-order valence-electron chi connectivity index (χ2n) is 7.18. The molecule has 15 heteroatoms. The minimum Gasteiger partial charge on any atom is -0.497 e. The number of aromatic amines is 1. The van der Waals surface area contributed by atoms with Crippen LogP contribution in [0.2, 0.25) is 5.02 Å². The highest BCUT2D eigenvalue weighted by Gasteiger charge is 2.39. The van der Waals surface area contributed by atoms with Crippen molar-refractivity contribution >= 4 is 28.8 Å². The number of ether oxygens (including phenoxy) is 1. The van der Waals surface area contributed by atoms with Crippen LogP contribution in [0.4, 0.5) is 32.0 Å². The zero-order valence-electron chi connectivity index (χ0n) is 17.6. The topological polar surface area (TPSA) is 97.2 Å². The molecule has 0 aliphatic heterocycles. The van der Waals surface area contributed by atoms with Crippen LogP contribution in [-0.2, 0) is 12.4 Å². The molecule has 1 amide bonds. The number of fused-ring (bicyclic) bond motifs is 1. The summed E-state index contributed by atoms with van der Waals surface area (Å²) in [4.78, 5) is 16.8. The van der Waals surface area contributed by atoms with Gasteiger partial charge in [0.1, 0.15) is 10.8 Å². The first-order valence-corrected chi connectivity index (χ1v) is 9.93. The minimum atomic E-state index is -4.94. The van der Waals surface area contributed by atoms with Crippen molar-refractivity contribution in [3.8, 4) is 17.0 Å². The van der Waals surface area contributed by atoms with E-state index in [2.05, 4.69) is 20.3 Å². The highest BCUT2D eigenvalue weighted by molar-refractivity contribution is 6.37. The molecule has 35 heavy (non-hydrogen) atoms. The lowest BCUT2D eigenvalue weighted by atomic mass is 10.1. The number of benzene rings is 1. The molecular weight excluding hydrogens is 506 g/mol. The Morgan fingerprint density at radius 1 is 1.14 bits per heavy atom. The van der Waals surface area contributed by atoms with E-state index in [1.165, 1.54) is 32.2 Å². The summed E-state index contributed by atoms with van der Waals surface area (Å²) in [6.45, 7) is 1.22. The Balaban J connectivity index is 1.85. The molecule has 0 fully saturated rings. The summed E-state index contributed by atoms with van der Waals surface area (Å²) in [5.74, 6) is -0.931. The van der Waals surface area contributed by atoms with Gasteiger partial charge in [0.25, 0.3) is 5.91 Å². The third-order valence-electron chi connectivity index (χ3n) is 4.86. The molecule has 1 aromatic carbocycles. The van der Waals surface area contributed by atoms with Gasteiger partial charge in [-0.15, -0.1) is 0 Å². The fourth-order valence-electron chi connectivity index (χ4n) is 3.23. The molecular formula is C20H13ClF6N6O2. The maximum Gasteiger partial charge on any atom is 0.437 e. The first kappa shape index (κ1) is 24.3. The maximum absolute atomic E-state index is 13.8. The van der Waals surface area contributed by atoms with Crippen molar-refractivity contribution in [2.24, 2.45) is 0 Å². The fourth-order valence-corrected chi connectivity index (χ4v) is 3.47. The van der Waals surface area contributed by atoms with Crippen LogP contribution < -0.4 is 10.1 Å². The molecule has 0 bridgehead atoms. The van der Waals surface area contributed by atoms with Gasteiger partial charge in [0.05, 0.1) is 24.2 Å². The number of alkyl halides is 6. The van der Waals surface area contributed by atoms with Gasteiger partial charge in [0.15, 0.2) is 22.7 Å². The average Bonchev–Trinajstić information content (AvgIpc) is 3.32. The number of aromatic nitrogens is 5. The number of anilines is 1. The Hall–Kier alpha value is -3.81. The molecule has 2 N–H and O–H groups in total. The monoisotopic (exact) mass is 518 g/mol. The highest BCUT2D eigenvalue weighted by Crippen LogP contribution is 2.37. The van der Waals surface area contributed by atoms with Crippen LogP contribution in [0.25, 0.3) is 16.9 Å². The summed E-state index contributed by atoms with van der Waals surface area (Å²) < 4.78 is 86.5. The van der Waals surface area contributed by atoms with E-state index in [9.17, 15) is 31.1 Å². The molecule has 3 heterocycles. The van der Waals surface area contributed by atoms with Gasteiger partial charge < -0.3 is 10.1 Å². The molecule has 0 saturated heterocycles. The lowest BCUT2D eigenvalue weighted by Crippen LogP contribution is -2.18. The number of hydrogen-bond acceptors (Lipinski definition) is 5. The van der Waals surface area contributed by atoms with E-state index in [4.69, 9.17) is 16.3 Å². The maximum atomic E-state index is 13.8. The molecule has 0 atom stereocenters. The second kappa shape index (κ2) is 8.45. The first-order chi connectivity index (χ1) is 16.3. The van der Waals surface area contributed by atoms with Crippen LogP contribution >= 0.6 is 11.6 Å². The number of H-pyrrole nitrogens is 1. The van der Waals surface area contributed by atoms with Gasteiger partial charge in [-0.05, 0) is 25.1 Å². The number of carbonyl (C=O) groups is 1. The van der Waals surface area contributed by atoms with Crippen LogP contribution in [-0.4, -0.2) is 37.8 Å². The molecule has 4 aromatic rings. The van der Waals surface area contributed by atoms with Crippen LogP contribution in [0.1, 0.15) is 27.6 Å².